The number of allylic oxidation sites excluding steroid dienone is 3. The van der Waals surface area contributed by atoms with E-state index < -0.39 is 53.9 Å². The highest BCUT2D eigenvalue weighted by Crippen LogP contribution is 2.42. The van der Waals surface area contributed by atoms with Crippen LogP contribution in [-0.4, -0.2) is 75.1 Å². The second-order valence-electron chi connectivity index (χ2n) is 10.5. The molecule has 0 saturated carbocycles. The third-order valence-electron chi connectivity index (χ3n) is 7.51. The Morgan fingerprint density at radius 1 is 0.976 bits per heavy atom. The SMILES string of the molecule is CC1=C(C(=O)OCC[C@@H]2O[C@H](CO)[C@@H](O)[C@H](O)[C@H]2O)C(c2ccccc2OCc2ccc(C)cc2)C([N+](=O)[O-])=C(C)N1. The highest BCUT2D eigenvalue weighted by atomic mass is 16.6. The van der Waals surface area contributed by atoms with E-state index in [1.807, 2.05) is 31.2 Å². The molecule has 226 valence electrons. The van der Waals surface area contributed by atoms with Crippen molar-refractivity contribution in [2.45, 2.75) is 70.2 Å². The van der Waals surface area contributed by atoms with Gasteiger partial charge in [-0.2, -0.15) is 0 Å². The lowest BCUT2D eigenvalue weighted by Gasteiger charge is -2.40. The van der Waals surface area contributed by atoms with Crippen molar-refractivity contribution < 1.29 is 44.4 Å². The maximum absolute atomic E-state index is 13.5. The number of rotatable bonds is 10. The Kier molecular flexibility index (Phi) is 9.97. The molecule has 0 radical (unpaired) electrons. The van der Waals surface area contributed by atoms with Gasteiger partial charge in [0.1, 0.15) is 42.7 Å². The summed E-state index contributed by atoms with van der Waals surface area (Å²) in [5.41, 5.74) is 2.85. The number of aliphatic hydroxyl groups excluding tert-OH is 4. The van der Waals surface area contributed by atoms with Crippen LogP contribution in [0.5, 0.6) is 5.75 Å². The first-order valence-electron chi connectivity index (χ1n) is 13.6. The van der Waals surface area contributed by atoms with Crippen LogP contribution >= 0.6 is 0 Å². The molecule has 1 unspecified atom stereocenters. The van der Waals surface area contributed by atoms with Gasteiger partial charge in [-0.3, -0.25) is 10.1 Å². The molecule has 12 heteroatoms. The van der Waals surface area contributed by atoms with Crippen LogP contribution in [0.15, 0.2) is 71.2 Å². The normalized spacial score (nSPS) is 26.1. The van der Waals surface area contributed by atoms with Gasteiger partial charge in [0.2, 0.25) is 0 Å². The summed E-state index contributed by atoms with van der Waals surface area (Å²) in [6.45, 7) is 4.52. The van der Waals surface area contributed by atoms with Crippen LogP contribution in [0.2, 0.25) is 0 Å². The van der Waals surface area contributed by atoms with Gasteiger partial charge < -0.3 is 40.0 Å². The number of dihydropyridines is 1. The number of carbonyl (C=O) groups excluding carboxylic acids is 1. The molecule has 5 N–H and O–H groups in total. The quantitative estimate of drug-likeness (QED) is 0.156. The molecule has 2 aliphatic rings. The van der Waals surface area contributed by atoms with Gasteiger partial charge in [-0.05, 0) is 32.4 Å². The summed E-state index contributed by atoms with van der Waals surface area (Å²) >= 11 is 0. The Labute approximate surface area is 243 Å². The Balaban J connectivity index is 1.57. The van der Waals surface area contributed by atoms with Crippen LogP contribution in [0.1, 0.15) is 42.9 Å². The number of nitro groups is 1. The average Bonchev–Trinajstić information content (AvgIpc) is 2.96. The molecule has 4 rings (SSSR count). The molecule has 0 aromatic heterocycles. The van der Waals surface area contributed by atoms with E-state index in [9.17, 15) is 35.3 Å². The summed E-state index contributed by atoms with van der Waals surface area (Å²) in [4.78, 5) is 25.3. The molecule has 0 bridgehead atoms. The number of ether oxygens (including phenoxy) is 3. The van der Waals surface area contributed by atoms with Crippen molar-refractivity contribution in [2.75, 3.05) is 13.2 Å². The number of benzene rings is 2. The van der Waals surface area contributed by atoms with E-state index in [2.05, 4.69) is 5.32 Å². The molecule has 0 amide bonds. The van der Waals surface area contributed by atoms with E-state index in [1.54, 1.807) is 38.1 Å². The van der Waals surface area contributed by atoms with Gasteiger partial charge in [0.15, 0.2) is 0 Å². The van der Waals surface area contributed by atoms with Gasteiger partial charge >= 0.3 is 5.97 Å². The average molecular weight is 585 g/mol. The minimum Gasteiger partial charge on any atom is -0.489 e. The van der Waals surface area contributed by atoms with Gasteiger partial charge in [0.25, 0.3) is 5.70 Å². The van der Waals surface area contributed by atoms with Crippen LogP contribution < -0.4 is 10.1 Å². The number of hydrogen-bond acceptors (Lipinski definition) is 11. The molecule has 12 nitrogen and oxygen atoms in total. The maximum atomic E-state index is 13.5. The summed E-state index contributed by atoms with van der Waals surface area (Å²) < 4.78 is 17.1. The van der Waals surface area contributed by atoms with E-state index in [4.69, 9.17) is 14.2 Å². The number of aryl methyl sites for hydroxylation is 1. The van der Waals surface area contributed by atoms with Crippen molar-refractivity contribution in [2.24, 2.45) is 0 Å². The van der Waals surface area contributed by atoms with Gasteiger partial charge in [0, 0.05) is 17.7 Å². The molecule has 0 spiro atoms. The first-order valence-corrected chi connectivity index (χ1v) is 13.6. The summed E-state index contributed by atoms with van der Waals surface area (Å²) in [6, 6.07) is 14.6. The Morgan fingerprint density at radius 2 is 1.64 bits per heavy atom. The van der Waals surface area contributed by atoms with Gasteiger partial charge in [-0.25, -0.2) is 4.79 Å². The largest absolute Gasteiger partial charge is 0.489 e. The van der Waals surface area contributed by atoms with Crippen molar-refractivity contribution in [3.05, 3.63) is 98.0 Å². The van der Waals surface area contributed by atoms with Gasteiger partial charge in [-0.1, -0.05) is 48.0 Å². The van der Waals surface area contributed by atoms with Crippen LogP contribution in [0.25, 0.3) is 0 Å². The molecule has 0 aliphatic carbocycles. The van der Waals surface area contributed by atoms with Crippen LogP contribution in [-0.2, 0) is 20.9 Å². The number of esters is 1. The first kappa shape index (κ1) is 31.1. The number of carbonyl (C=O) groups is 1. The molecule has 42 heavy (non-hydrogen) atoms. The van der Waals surface area contributed by atoms with Crippen molar-refractivity contribution >= 4 is 5.97 Å². The number of hydrogen-bond donors (Lipinski definition) is 5. The molecule has 6 atom stereocenters. The second-order valence-corrected chi connectivity index (χ2v) is 10.5. The summed E-state index contributed by atoms with van der Waals surface area (Å²) in [6.07, 6.45) is -6.72. The summed E-state index contributed by atoms with van der Waals surface area (Å²) in [5, 5.41) is 55.0. The number of nitrogens with one attached hydrogen (secondary N) is 1. The fourth-order valence-electron chi connectivity index (χ4n) is 5.26. The maximum Gasteiger partial charge on any atom is 0.336 e. The molecule has 2 aliphatic heterocycles. The predicted molar refractivity (Wildman–Crippen MR) is 150 cm³/mol. The molecule has 1 saturated heterocycles. The Morgan fingerprint density at radius 3 is 2.31 bits per heavy atom. The zero-order chi connectivity index (χ0) is 30.6. The van der Waals surface area contributed by atoms with Gasteiger partial charge in [0.05, 0.1) is 35.5 Å². The molecule has 2 heterocycles. The third-order valence-corrected chi connectivity index (χ3v) is 7.51. The van der Waals surface area contributed by atoms with E-state index >= 15 is 0 Å². The third kappa shape index (κ3) is 6.63. The summed E-state index contributed by atoms with van der Waals surface area (Å²) in [5.74, 6) is -1.57. The van der Waals surface area contributed by atoms with Crippen LogP contribution in [0.4, 0.5) is 0 Å². The fraction of sp³-hybridized carbons (Fsp3) is 0.433. The fourth-order valence-corrected chi connectivity index (χ4v) is 5.26. The van der Waals surface area contributed by atoms with Gasteiger partial charge in [-0.15, -0.1) is 0 Å². The minimum atomic E-state index is -1.55. The lowest BCUT2D eigenvalue weighted by atomic mass is 9.83. The smallest absolute Gasteiger partial charge is 0.336 e. The molecular weight excluding hydrogens is 548 g/mol. The Hall–Kier alpha value is -3.81. The van der Waals surface area contributed by atoms with E-state index in [0.717, 1.165) is 11.1 Å². The van der Waals surface area contributed by atoms with Crippen LogP contribution in [0.3, 0.4) is 0 Å². The number of para-hydroxylation sites is 1. The van der Waals surface area contributed by atoms with E-state index in [-0.39, 0.29) is 36.6 Å². The number of aliphatic hydroxyl groups is 4. The Bertz CT molecular complexity index is 1350. The van der Waals surface area contributed by atoms with Crippen molar-refractivity contribution in [3.8, 4) is 5.75 Å². The van der Waals surface area contributed by atoms with Crippen molar-refractivity contribution in [1.82, 2.24) is 5.32 Å². The molecule has 1 fully saturated rings. The van der Waals surface area contributed by atoms with E-state index in [1.165, 1.54) is 0 Å². The summed E-state index contributed by atoms with van der Waals surface area (Å²) in [7, 11) is 0. The zero-order valence-electron chi connectivity index (χ0n) is 23.6. The predicted octanol–water partition coefficient (Wildman–Crippen LogP) is 1.82. The molecule has 2 aromatic rings. The zero-order valence-corrected chi connectivity index (χ0v) is 23.6. The lowest BCUT2D eigenvalue weighted by Crippen LogP contribution is -2.58. The van der Waals surface area contributed by atoms with Crippen LogP contribution in [0, 0.1) is 17.0 Å². The molecule has 2 aromatic carbocycles. The second kappa shape index (κ2) is 13.4. The van der Waals surface area contributed by atoms with Crippen molar-refractivity contribution in [1.29, 1.82) is 0 Å². The monoisotopic (exact) mass is 584 g/mol. The minimum absolute atomic E-state index is 0.0208. The number of nitrogens with zero attached hydrogens (tertiary/aromatic N) is 1. The first-order chi connectivity index (χ1) is 20.0. The molecular formula is C30H36N2O10. The highest BCUT2D eigenvalue weighted by Gasteiger charge is 2.44. The topological polar surface area (TPSA) is 181 Å². The van der Waals surface area contributed by atoms with E-state index in [0.29, 0.717) is 17.0 Å². The lowest BCUT2D eigenvalue weighted by molar-refractivity contribution is -0.431. The standard InChI is InChI=1S/C30H36N2O10/c1-16-8-10-19(11-9-16)15-41-21-7-5-4-6-20(21)25-24(17(2)31-18(3)26(25)32(38)39)30(37)40-13-12-22-27(34)29(36)28(35)23(14-33)42-22/h4-11,22-23,25,27-29,31,33-36H,12-15H2,1-3H3/t22-,23+,25?,27-,28+,29+/m0/s1. The highest BCUT2D eigenvalue weighted by molar-refractivity contribution is 5.92. The van der Waals surface area contributed by atoms with Crippen molar-refractivity contribution in [3.63, 3.8) is 0 Å².